The van der Waals surface area contributed by atoms with E-state index in [9.17, 15) is 27.2 Å². The number of aryl methyl sites for hydroxylation is 1. The average Bonchev–Trinajstić information content (AvgIpc) is 3.53. The summed E-state index contributed by atoms with van der Waals surface area (Å²) in [7, 11) is 1.68. The van der Waals surface area contributed by atoms with E-state index >= 15 is 0 Å². The molecule has 188 valence electrons. The summed E-state index contributed by atoms with van der Waals surface area (Å²) in [6, 6.07) is 10.5. The highest BCUT2D eigenvalue weighted by atomic mass is 35.5. The normalized spacial score (nSPS) is 11.3. The smallest absolute Gasteiger partial charge is 0.291 e. The van der Waals surface area contributed by atoms with E-state index in [4.69, 9.17) is 16.0 Å². The minimum atomic E-state index is -3.15. The topological polar surface area (TPSA) is 107 Å². The Hall–Kier alpha value is -4.13. The molecule has 36 heavy (non-hydrogen) atoms. The summed E-state index contributed by atoms with van der Waals surface area (Å²) in [6.45, 7) is -0.450. The van der Waals surface area contributed by atoms with Crippen molar-refractivity contribution >= 4 is 34.8 Å². The minimum absolute atomic E-state index is 0.0124. The van der Waals surface area contributed by atoms with Crippen LogP contribution in [0.3, 0.4) is 0 Å². The maximum atomic E-state index is 13.3. The number of hydrogen-bond donors (Lipinski definition) is 2. The second kappa shape index (κ2) is 10.2. The van der Waals surface area contributed by atoms with Gasteiger partial charge in [0.25, 0.3) is 24.7 Å². The van der Waals surface area contributed by atoms with Crippen molar-refractivity contribution in [1.29, 1.82) is 0 Å². The highest BCUT2D eigenvalue weighted by molar-refractivity contribution is 6.32. The van der Waals surface area contributed by atoms with Gasteiger partial charge < -0.3 is 15.1 Å². The molecule has 2 N–H and O–H groups in total. The third-order valence-electron chi connectivity index (χ3n) is 4.89. The van der Waals surface area contributed by atoms with Crippen molar-refractivity contribution in [2.75, 3.05) is 10.6 Å². The van der Waals surface area contributed by atoms with E-state index in [-0.39, 0.29) is 17.2 Å². The van der Waals surface area contributed by atoms with Crippen LogP contribution in [0.5, 0.6) is 0 Å². The monoisotopic (exact) mass is 524 g/mol. The Balaban J connectivity index is 1.44. The Morgan fingerprint density at radius 3 is 2.31 bits per heavy atom. The highest BCUT2D eigenvalue weighted by Gasteiger charge is 2.28. The molecule has 0 spiro atoms. The van der Waals surface area contributed by atoms with Gasteiger partial charge in [0.1, 0.15) is 17.1 Å². The first-order valence-corrected chi connectivity index (χ1v) is 10.6. The SMILES string of the molecule is Cn1ccc(C(=O)Nc2cccc(NC(=O)c3ccc(Cn4nc(C(F)F)c(Cl)c4C(F)F)o3)c2)n1. The first-order chi connectivity index (χ1) is 17.1. The maximum absolute atomic E-state index is 13.3. The number of furan rings is 1. The van der Waals surface area contributed by atoms with Gasteiger partial charge in [-0.15, -0.1) is 0 Å². The van der Waals surface area contributed by atoms with Gasteiger partial charge in [-0.2, -0.15) is 10.2 Å². The molecule has 0 bridgehead atoms. The van der Waals surface area contributed by atoms with Crippen LogP contribution in [0.1, 0.15) is 51.0 Å². The lowest BCUT2D eigenvalue weighted by Crippen LogP contribution is -2.14. The van der Waals surface area contributed by atoms with E-state index in [1.54, 1.807) is 37.5 Å². The molecule has 4 aromatic rings. The average molecular weight is 525 g/mol. The zero-order valence-corrected chi connectivity index (χ0v) is 19.1. The fourth-order valence-electron chi connectivity index (χ4n) is 3.27. The van der Waals surface area contributed by atoms with Gasteiger partial charge in [-0.25, -0.2) is 17.6 Å². The van der Waals surface area contributed by atoms with Crippen LogP contribution in [-0.4, -0.2) is 31.4 Å². The summed E-state index contributed by atoms with van der Waals surface area (Å²) >= 11 is 5.64. The van der Waals surface area contributed by atoms with Crippen molar-refractivity contribution in [1.82, 2.24) is 19.6 Å². The number of benzene rings is 1. The van der Waals surface area contributed by atoms with E-state index in [1.165, 1.54) is 22.9 Å². The Morgan fingerprint density at radius 1 is 1.00 bits per heavy atom. The van der Waals surface area contributed by atoms with Crippen LogP contribution < -0.4 is 10.6 Å². The predicted molar refractivity (Wildman–Crippen MR) is 121 cm³/mol. The fraction of sp³-hybridized carbons (Fsp3) is 0.182. The lowest BCUT2D eigenvalue weighted by atomic mass is 10.2. The molecule has 0 saturated heterocycles. The molecule has 14 heteroatoms. The van der Waals surface area contributed by atoms with Crippen LogP contribution in [0.15, 0.2) is 53.1 Å². The number of nitrogens with one attached hydrogen (secondary N) is 2. The molecule has 2 amide bonds. The van der Waals surface area contributed by atoms with Crippen molar-refractivity contribution in [3.05, 3.63) is 82.3 Å². The zero-order chi connectivity index (χ0) is 26.0. The van der Waals surface area contributed by atoms with Crippen LogP contribution >= 0.6 is 11.6 Å². The third-order valence-corrected chi connectivity index (χ3v) is 5.27. The van der Waals surface area contributed by atoms with Crippen LogP contribution in [0, 0.1) is 0 Å². The number of amides is 2. The second-order valence-corrected chi connectivity index (χ2v) is 7.85. The predicted octanol–water partition coefficient (Wildman–Crippen LogP) is 5.29. The first kappa shape index (κ1) is 25.0. The molecule has 0 saturated carbocycles. The molecule has 0 fully saturated rings. The molecule has 0 aliphatic heterocycles. The van der Waals surface area contributed by atoms with Crippen LogP contribution in [0.25, 0.3) is 0 Å². The van der Waals surface area contributed by atoms with Crippen molar-refractivity contribution in [2.24, 2.45) is 7.05 Å². The molecule has 4 rings (SSSR count). The van der Waals surface area contributed by atoms with Crippen LogP contribution in [-0.2, 0) is 13.6 Å². The standard InChI is InChI=1S/C22H17ClF4N6O3/c1-32-8-7-14(30-32)21(34)28-11-3-2-4-12(9-11)29-22(35)15-6-5-13(36-15)10-33-18(20(26)27)16(23)17(31-33)19(24)25/h2-9,19-20H,10H2,1H3,(H,28,34)(H,29,35). The lowest BCUT2D eigenvalue weighted by Gasteiger charge is -2.07. The number of halogens is 5. The van der Waals surface area contributed by atoms with Crippen LogP contribution in [0.4, 0.5) is 28.9 Å². The molecule has 1 aromatic carbocycles. The molecule has 3 heterocycles. The Kier molecular flexibility index (Phi) is 7.10. The summed E-state index contributed by atoms with van der Waals surface area (Å²) in [5.41, 5.74) is -0.902. The molecule has 3 aromatic heterocycles. The largest absolute Gasteiger partial charge is 0.454 e. The summed E-state index contributed by atoms with van der Waals surface area (Å²) in [5, 5.41) is 11.9. The zero-order valence-electron chi connectivity index (χ0n) is 18.4. The first-order valence-electron chi connectivity index (χ1n) is 10.3. The van der Waals surface area contributed by atoms with Gasteiger partial charge in [-0.3, -0.25) is 19.0 Å². The van der Waals surface area contributed by atoms with E-state index in [0.717, 1.165) is 0 Å². The van der Waals surface area contributed by atoms with Gasteiger partial charge >= 0.3 is 0 Å². The molecule has 0 radical (unpaired) electrons. The van der Waals surface area contributed by atoms with Gasteiger partial charge in [0.15, 0.2) is 11.5 Å². The van der Waals surface area contributed by atoms with E-state index in [2.05, 4.69) is 20.8 Å². The Labute approximate surface area is 205 Å². The van der Waals surface area contributed by atoms with E-state index in [0.29, 0.717) is 16.1 Å². The molecule has 0 unspecified atom stereocenters. The Morgan fingerprint density at radius 2 is 1.69 bits per heavy atom. The van der Waals surface area contributed by atoms with Gasteiger partial charge in [0, 0.05) is 24.6 Å². The molecule has 9 nitrogen and oxygen atoms in total. The van der Waals surface area contributed by atoms with Crippen molar-refractivity contribution < 1.29 is 31.6 Å². The maximum Gasteiger partial charge on any atom is 0.291 e. The summed E-state index contributed by atoms with van der Waals surface area (Å²) in [5.74, 6) is -1.26. The molecular weight excluding hydrogens is 508 g/mol. The lowest BCUT2D eigenvalue weighted by molar-refractivity contribution is 0.0992. The summed E-state index contributed by atoms with van der Waals surface area (Å²) in [6.07, 6.45) is -4.67. The van der Waals surface area contributed by atoms with E-state index in [1.807, 2.05) is 0 Å². The Bertz CT molecular complexity index is 1410. The molecular formula is C22H17ClF4N6O3. The van der Waals surface area contributed by atoms with Crippen LogP contribution in [0.2, 0.25) is 5.02 Å². The quantitative estimate of drug-likeness (QED) is 0.305. The van der Waals surface area contributed by atoms with Crippen molar-refractivity contribution in [3.8, 4) is 0 Å². The molecule has 0 aliphatic rings. The third kappa shape index (κ3) is 5.40. The number of carbonyl (C=O) groups excluding carboxylic acids is 2. The summed E-state index contributed by atoms with van der Waals surface area (Å²) < 4.78 is 60.2. The van der Waals surface area contributed by atoms with Gasteiger partial charge in [0.05, 0.1) is 11.6 Å². The molecule has 0 atom stereocenters. The number of aromatic nitrogens is 4. The van der Waals surface area contributed by atoms with Crippen molar-refractivity contribution in [2.45, 2.75) is 19.4 Å². The summed E-state index contributed by atoms with van der Waals surface area (Å²) in [4.78, 5) is 24.9. The van der Waals surface area contributed by atoms with Gasteiger partial charge in [-0.05, 0) is 36.4 Å². The number of carbonyl (C=O) groups is 2. The molecule has 0 aliphatic carbocycles. The van der Waals surface area contributed by atoms with Gasteiger partial charge in [-0.1, -0.05) is 17.7 Å². The number of rotatable bonds is 8. The van der Waals surface area contributed by atoms with E-state index < -0.39 is 47.6 Å². The second-order valence-electron chi connectivity index (χ2n) is 7.47. The fourth-order valence-corrected chi connectivity index (χ4v) is 3.57. The number of alkyl halides is 4. The number of hydrogen-bond acceptors (Lipinski definition) is 5. The number of anilines is 2. The minimum Gasteiger partial charge on any atom is -0.454 e. The highest BCUT2D eigenvalue weighted by Crippen LogP contribution is 2.35. The van der Waals surface area contributed by atoms with Crippen molar-refractivity contribution in [3.63, 3.8) is 0 Å². The van der Waals surface area contributed by atoms with Gasteiger partial charge in [0.2, 0.25) is 0 Å². The number of nitrogens with zero attached hydrogens (tertiary/aromatic N) is 4.